The molecule has 3 N–H and O–H groups in total. The summed E-state index contributed by atoms with van der Waals surface area (Å²) >= 11 is 5.82. The molecule has 0 aliphatic rings. The number of rotatable bonds is 5. The van der Waals surface area contributed by atoms with Crippen LogP contribution in [0.3, 0.4) is 0 Å². The summed E-state index contributed by atoms with van der Waals surface area (Å²) in [6, 6.07) is 10.1. The van der Waals surface area contributed by atoms with Crippen LogP contribution in [0.25, 0.3) is 0 Å². The predicted octanol–water partition coefficient (Wildman–Crippen LogP) is 0.483. The fourth-order valence-electron chi connectivity index (χ4n) is 1.77. The number of nitrogens with two attached hydrogens (primary N) is 1. The van der Waals surface area contributed by atoms with Crippen molar-refractivity contribution in [2.75, 3.05) is 0 Å². The Balaban J connectivity index is 0.00000288. The Hall–Kier alpha value is 0.660. The Morgan fingerprint density at radius 3 is 2.21 bits per heavy atom. The van der Waals surface area contributed by atoms with Gasteiger partial charge in [0.15, 0.2) is 3.55 Å². The molecule has 2 aromatic carbocycles. The zero-order chi connectivity index (χ0) is 17.2. The number of alkyl halides is 1. The smallest absolute Gasteiger partial charge is 0.872 e. The van der Waals surface area contributed by atoms with Crippen LogP contribution in [0.4, 0.5) is 0 Å². The summed E-state index contributed by atoms with van der Waals surface area (Å²) in [7, 11) is 0. The van der Waals surface area contributed by atoms with Crippen molar-refractivity contribution in [1.29, 1.82) is 0 Å². The molecule has 5 nitrogen and oxygen atoms in total. The fourth-order valence-corrected chi connectivity index (χ4v) is 3.34. The standard InChI is InChI=1S/C15H12I3NO4.Na/c16-11-5-9(23-10-3-4-13(20)12(17)6-10)2-1-8(11)7-15(18,19)14(21)22;/h1-6,20H,7,19H2,(H,21,22);/q;+1/p-1/t15-;/m0./s1. The van der Waals surface area contributed by atoms with Crippen LogP contribution >= 0.6 is 67.8 Å². The van der Waals surface area contributed by atoms with Gasteiger partial charge in [0, 0.05) is 13.6 Å². The number of carbonyl (C=O) groups is 1. The SMILES string of the molecule is N[C@@](I)(Cc1ccc(Oc2ccc([O-])c(I)c2)cc1I)C(=O)O.[Na+]. The quantitative estimate of drug-likeness (QED) is 0.209. The number of aliphatic carboxylic acids is 1. The van der Waals surface area contributed by atoms with Gasteiger partial charge in [-0.2, -0.15) is 0 Å². The number of halogens is 3. The third-order valence-corrected chi connectivity index (χ3v) is 5.66. The monoisotopic (exact) mass is 673 g/mol. The summed E-state index contributed by atoms with van der Waals surface area (Å²) in [5, 5.41) is 20.5. The van der Waals surface area contributed by atoms with Crippen LogP contribution in [0.2, 0.25) is 0 Å². The molecule has 0 saturated carbocycles. The van der Waals surface area contributed by atoms with Gasteiger partial charge in [-0.25, -0.2) is 4.79 Å². The Bertz CT molecular complexity index is 755. The first-order chi connectivity index (χ1) is 10.7. The summed E-state index contributed by atoms with van der Waals surface area (Å²) in [6.07, 6.45) is 0.213. The minimum Gasteiger partial charge on any atom is -0.872 e. The maximum absolute atomic E-state index is 11.4. The largest absolute Gasteiger partial charge is 1.00 e. The van der Waals surface area contributed by atoms with E-state index in [9.17, 15) is 9.90 Å². The van der Waals surface area contributed by atoms with Gasteiger partial charge in [0.25, 0.3) is 0 Å². The second-order valence-corrected chi connectivity index (χ2v) is 9.04. The van der Waals surface area contributed by atoms with Crippen molar-refractivity contribution < 1.29 is 49.3 Å². The first kappa shape index (κ1) is 22.7. The summed E-state index contributed by atoms with van der Waals surface area (Å²) in [5.41, 5.74) is 6.61. The van der Waals surface area contributed by atoms with Crippen molar-refractivity contribution in [1.82, 2.24) is 0 Å². The molecule has 0 unspecified atom stereocenters. The van der Waals surface area contributed by atoms with Crippen molar-refractivity contribution in [3.8, 4) is 17.2 Å². The molecule has 0 aromatic heterocycles. The topological polar surface area (TPSA) is 95.6 Å². The molecule has 0 heterocycles. The molecule has 0 bridgehead atoms. The van der Waals surface area contributed by atoms with Crippen LogP contribution in [-0.2, 0) is 11.2 Å². The predicted molar refractivity (Wildman–Crippen MR) is 110 cm³/mol. The van der Waals surface area contributed by atoms with Crippen LogP contribution in [0.5, 0.6) is 17.2 Å². The third kappa shape index (κ3) is 6.13. The molecule has 122 valence electrons. The van der Waals surface area contributed by atoms with E-state index in [1.165, 1.54) is 6.07 Å². The van der Waals surface area contributed by atoms with Crippen LogP contribution in [0, 0.1) is 7.14 Å². The zero-order valence-electron chi connectivity index (χ0n) is 12.6. The van der Waals surface area contributed by atoms with Crippen LogP contribution in [0.15, 0.2) is 36.4 Å². The summed E-state index contributed by atoms with van der Waals surface area (Å²) < 4.78 is 5.84. The van der Waals surface area contributed by atoms with Crippen LogP contribution in [0.1, 0.15) is 5.56 Å². The van der Waals surface area contributed by atoms with Crippen molar-refractivity contribution >= 4 is 73.7 Å². The van der Waals surface area contributed by atoms with E-state index in [1.807, 2.05) is 28.7 Å². The molecule has 0 aliphatic carbocycles. The van der Waals surface area contributed by atoms with E-state index in [2.05, 4.69) is 22.6 Å². The summed E-state index contributed by atoms with van der Waals surface area (Å²) in [5.74, 6) is 0.0866. The van der Waals surface area contributed by atoms with E-state index in [4.69, 9.17) is 15.6 Å². The molecule has 2 aromatic rings. The average molecular weight is 673 g/mol. The molecule has 0 saturated heterocycles. The third-order valence-electron chi connectivity index (χ3n) is 2.97. The molecule has 0 aliphatic heterocycles. The van der Waals surface area contributed by atoms with Gasteiger partial charge in [-0.1, -0.05) is 17.9 Å². The second-order valence-electron chi connectivity index (χ2n) is 4.79. The normalized spacial score (nSPS) is 12.8. The van der Waals surface area contributed by atoms with E-state index in [1.54, 1.807) is 46.9 Å². The number of carboxylic acids is 1. The summed E-state index contributed by atoms with van der Waals surface area (Å²) in [4.78, 5) is 11.1. The number of ether oxygens (including phenoxy) is 1. The van der Waals surface area contributed by atoms with E-state index in [0.717, 1.165) is 9.13 Å². The van der Waals surface area contributed by atoms with Gasteiger partial charge in [-0.05, 0) is 97.6 Å². The molecular weight excluding hydrogens is 662 g/mol. The van der Waals surface area contributed by atoms with Gasteiger partial charge in [0.05, 0.1) is 0 Å². The van der Waals surface area contributed by atoms with Crippen molar-refractivity contribution in [3.63, 3.8) is 0 Å². The Morgan fingerprint density at radius 2 is 1.71 bits per heavy atom. The van der Waals surface area contributed by atoms with Crippen molar-refractivity contribution in [2.24, 2.45) is 5.73 Å². The zero-order valence-corrected chi connectivity index (χ0v) is 21.0. The molecule has 0 radical (unpaired) electrons. The van der Waals surface area contributed by atoms with Crippen molar-refractivity contribution in [3.05, 3.63) is 49.1 Å². The number of hydrogen-bond donors (Lipinski definition) is 2. The van der Waals surface area contributed by atoms with E-state index >= 15 is 0 Å². The first-order valence-electron chi connectivity index (χ1n) is 6.33. The van der Waals surface area contributed by atoms with Gasteiger partial charge in [-0.15, -0.1) is 0 Å². The van der Waals surface area contributed by atoms with Gasteiger partial charge in [0.1, 0.15) is 11.5 Å². The Morgan fingerprint density at radius 1 is 1.17 bits per heavy atom. The van der Waals surface area contributed by atoms with Gasteiger partial charge >= 0.3 is 35.5 Å². The molecule has 2 rings (SSSR count). The van der Waals surface area contributed by atoms with Crippen LogP contribution in [-0.4, -0.2) is 14.6 Å². The number of hydrogen-bond acceptors (Lipinski definition) is 4. The first-order valence-corrected chi connectivity index (χ1v) is 9.57. The molecule has 0 amide bonds. The van der Waals surface area contributed by atoms with Gasteiger partial charge in [0.2, 0.25) is 0 Å². The maximum Gasteiger partial charge on any atom is 1.00 e. The fraction of sp³-hybridized carbons (Fsp3) is 0.133. The summed E-state index contributed by atoms with van der Waals surface area (Å²) in [6.45, 7) is 0. The molecule has 0 spiro atoms. The number of benzene rings is 2. The minimum atomic E-state index is -1.35. The molecular formula is C15H11I3NNaO4. The number of carboxylic acid groups (broad SMARTS) is 1. The minimum absolute atomic E-state index is 0. The van der Waals surface area contributed by atoms with Crippen molar-refractivity contribution in [2.45, 2.75) is 9.97 Å². The second kappa shape index (κ2) is 9.55. The maximum atomic E-state index is 11.4. The molecule has 24 heavy (non-hydrogen) atoms. The van der Waals surface area contributed by atoms with Crippen LogP contribution < -0.4 is 45.1 Å². The van der Waals surface area contributed by atoms with E-state index in [-0.39, 0.29) is 41.7 Å². The Labute approximate surface area is 202 Å². The molecule has 1 atom stereocenters. The Kier molecular flexibility index (Phi) is 9.04. The van der Waals surface area contributed by atoms with Gasteiger partial charge in [-0.3, -0.25) is 0 Å². The van der Waals surface area contributed by atoms with E-state index in [0.29, 0.717) is 15.1 Å². The molecule has 0 fully saturated rings. The average Bonchev–Trinajstić information content (AvgIpc) is 2.45. The van der Waals surface area contributed by atoms with E-state index < -0.39 is 9.51 Å². The van der Waals surface area contributed by atoms with Gasteiger partial charge < -0.3 is 20.7 Å². The molecule has 9 heteroatoms.